The second-order valence-corrected chi connectivity index (χ2v) is 19.2. The van der Waals surface area contributed by atoms with E-state index in [-0.39, 0.29) is 27.7 Å². The average molecular weight is 758 g/mol. The maximum atomic E-state index is 3.85. The summed E-state index contributed by atoms with van der Waals surface area (Å²) in [5.74, 6) is 0. The van der Waals surface area contributed by atoms with Crippen LogP contribution >= 0.6 is 0 Å². The lowest BCUT2D eigenvalue weighted by molar-refractivity contribution is 0.347. The summed E-state index contributed by atoms with van der Waals surface area (Å²) in [5, 5.41) is 11.5. The molecule has 0 spiro atoms. The topological polar surface area (TPSA) is 48.7 Å². The Morgan fingerprint density at radius 3 is 1.32 bits per heavy atom. The summed E-state index contributed by atoms with van der Waals surface area (Å²) < 4.78 is 8.58. The molecule has 302 valence electrons. The molecule has 4 aromatic heterocycles. The van der Waals surface area contributed by atoms with Crippen molar-refractivity contribution in [1.29, 1.82) is 0 Å². The zero-order chi connectivity index (χ0) is 42.0. The molecule has 0 bridgehead atoms. The van der Waals surface area contributed by atoms with Gasteiger partial charge in [-0.2, -0.15) is 0 Å². The highest BCUT2D eigenvalue weighted by Gasteiger charge is 2.17. The van der Waals surface area contributed by atoms with Gasteiger partial charge in [0.25, 0.3) is 0 Å². The van der Waals surface area contributed by atoms with Gasteiger partial charge < -0.3 is 18.6 Å². The van der Waals surface area contributed by atoms with E-state index >= 15 is 0 Å². The Labute approximate surface area is 339 Å². The average Bonchev–Trinajstić information content (AvgIpc) is 3.94. The molecule has 0 aliphatic carbocycles. The van der Waals surface area contributed by atoms with Gasteiger partial charge in [-0.3, -0.25) is 0 Å². The fourth-order valence-electron chi connectivity index (χ4n) is 5.52. The molecule has 4 heterocycles. The van der Waals surface area contributed by atoms with Gasteiger partial charge in [-0.1, -0.05) is 65.9 Å². The minimum absolute atomic E-state index is 0.0660. The number of hydrogen-bond acceptors (Lipinski definition) is 3. The number of aromatic nitrogens is 6. The smallest absolute Gasteiger partial charge is 0.0693 e. The summed E-state index contributed by atoms with van der Waals surface area (Å²) >= 11 is 0. The van der Waals surface area contributed by atoms with Crippen LogP contribution < -0.4 is 4.90 Å². The molecule has 7 aromatic rings. The highest BCUT2D eigenvalue weighted by Crippen LogP contribution is 2.24. The molecule has 7 rings (SSSR count). The molecular formula is C49H71N7. The predicted molar refractivity (Wildman–Crippen MR) is 243 cm³/mol. The van der Waals surface area contributed by atoms with E-state index in [0.717, 1.165) is 0 Å². The second kappa shape index (κ2) is 18.7. The van der Waals surface area contributed by atoms with Crippen LogP contribution in [0.1, 0.15) is 104 Å². The van der Waals surface area contributed by atoms with Crippen molar-refractivity contribution >= 4 is 27.4 Å². The fourth-order valence-corrected chi connectivity index (χ4v) is 5.52. The predicted octanol–water partition coefficient (Wildman–Crippen LogP) is 13.0. The summed E-state index contributed by atoms with van der Waals surface area (Å²) in [4.78, 5) is 2.27. The van der Waals surface area contributed by atoms with E-state index in [4.69, 9.17) is 0 Å². The molecule has 0 N–H and O–H groups in total. The lowest BCUT2D eigenvalue weighted by Gasteiger charge is -2.34. The van der Waals surface area contributed by atoms with Crippen LogP contribution in [0.4, 0.5) is 5.69 Å². The second-order valence-electron chi connectivity index (χ2n) is 19.2. The standard InChI is InChI=1S/2C12H15N.C11H17N.C8H13N.C6H11N3/c1-12(2,3)13-8-10-6-4-5-7-11(10)9-13;1-12(2,3)13-9-8-10-6-4-5-7-11(10)13;1-11(2,3)12(4)10-8-6-5-7-9-10;1-8(2,3)9-6-4-5-7-9;1-6(2,3)9-5-4-7-8-9/h2*4-9H,1-3H3;5-9H,1-4H3;4-7H,1-3H3;4-5H,1-3H3. The fraction of sp³-hybridized carbons (Fsp3) is 0.429. The van der Waals surface area contributed by atoms with Crippen molar-refractivity contribution < 1.29 is 0 Å². The van der Waals surface area contributed by atoms with Gasteiger partial charge in [0.05, 0.1) is 11.7 Å². The van der Waals surface area contributed by atoms with Crippen molar-refractivity contribution in [3.05, 3.63) is 140 Å². The Bertz CT molecular complexity index is 2030. The molecule has 0 saturated heterocycles. The Morgan fingerprint density at radius 1 is 0.446 bits per heavy atom. The number of anilines is 1. The van der Waals surface area contributed by atoms with Gasteiger partial charge >= 0.3 is 0 Å². The molecule has 0 amide bonds. The Hall–Kier alpha value is -5.04. The lowest BCUT2D eigenvalue weighted by atomic mass is 10.1. The lowest BCUT2D eigenvalue weighted by Crippen LogP contribution is -2.37. The number of fused-ring (bicyclic) bond motifs is 2. The van der Waals surface area contributed by atoms with E-state index in [1.165, 1.54) is 27.4 Å². The molecule has 0 unspecified atom stereocenters. The highest BCUT2D eigenvalue weighted by atomic mass is 15.4. The maximum Gasteiger partial charge on any atom is 0.0693 e. The minimum atomic E-state index is 0.0660. The number of nitrogens with zero attached hydrogens (tertiary/aromatic N) is 7. The molecule has 56 heavy (non-hydrogen) atoms. The molecule has 3 aromatic carbocycles. The van der Waals surface area contributed by atoms with Crippen molar-refractivity contribution in [3.8, 4) is 0 Å². The van der Waals surface area contributed by atoms with E-state index in [1.54, 1.807) is 6.20 Å². The third-order valence-corrected chi connectivity index (χ3v) is 9.29. The first-order chi connectivity index (χ1) is 25.9. The SMILES string of the molecule is CC(C)(C)n1cc2ccccc2c1.CC(C)(C)n1ccc2ccccc21.CC(C)(C)n1cccc1.CC(C)(C)n1ccnn1.CN(c1ccccc1)C(C)(C)C. The highest BCUT2D eigenvalue weighted by molar-refractivity contribution is 5.82. The van der Waals surface area contributed by atoms with Crippen LogP contribution in [0.3, 0.4) is 0 Å². The molecule has 0 aliphatic rings. The summed E-state index contributed by atoms with van der Waals surface area (Å²) in [6.45, 7) is 32.8. The van der Waals surface area contributed by atoms with E-state index in [2.05, 4.69) is 250 Å². The molecule has 0 fully saturated rings. The van der Waals surface area contributed by atoms with Crippen molar-refractivity contribution in [3.63, 3.8) is 0 Å². The van der Waals surface area contributed by atoms with E-state index in [9.17, 15) is 0 Å². The van der Waals surface area contributed by atoms with Gasteiger partial charge in [0.1, 0.15) is 0 Å². The monoisotopic (exact) mass is 758 g/mol. The van der Waals surface area contributed by atoms with Crippen LogP contribution in [-0.2, 0) is 22.2 Å². The van der Waals surface area contributed by atoms with Crippen molar-refractivity contribution in [1.82, 2.24) is 28.7 Å². The zero-order valence-electron chi connectivity index (χ0n) is 37.4. The largest absolute Gasteiger partial charge is 0.370 e. The third-order valence-electron chi connectivity index (χ3n) is 9.29. The van der Waals surface area contributed by atoms with Crippen LogP contribution in [0.2, 0.25) is 0 Å². The van der Waals surface area contributed by atoms with Crippen LogP contribution in [-0.4, -0.2) is 41.3 Å². The van der Waals surface area contributed by atoms with Crippen LogP contribution in [0.5, 0.6) is 0 Å². The number of rotatable bonds is 1. The molecular weight excluding hydrogens is 687 g/mol. The van der Waals surface area contributed by atoms with E-state index < -0.39 is 0 Å². The Kier molecular flexibility index (Phi) is 15.2. The molecule has 7 heteroatoms. The van der Waals surface area contributed by atoms with Gasteiger partial charge in [0.2, 0.25) is 0 Å². The first-order valence-electron chi connectivity index (χ1n) is 19.8. The molecule has 0 aliphatic heterocycles. The molecule has 0 saturated carbocycles. The summed E-state index contributed by atoms with van der Waals surface area (Å²) in [6.07, 6.45) is 14.3. The number of para-hydroxylation sites is 2. The van der Waals surface area contributed by atoms with Crippen molar-refractivity contribution in [2.75, 3.05) is 11.9 Å². The van der Waals surface area contributed by atoms with Gasteiger partial charge in [-0.15, -0.1) is 5.10 Å². The Morgan fingerprint density at radius 2 is 0.929 bits per heavy atom. The van der Waals surface area contributed by atoms with Crippen LogP contribution in [0.25, 0.3) is 21.7 Å². The number of benzene rings is 3. The van der Waals surface area contributed by atoms with E-state index in [1.807, 2.05) is 29.1 Å². The zero-order valence-corrected chi connectivity index (χ0v) is 37.4. The number of hydrogen-bond donors (Lipinski definition) is 0. The summed E-state index contributed by atoms with van der Waals surface area (Å²) in [5.41, 5.74) is 3.43. The molecule has 0 atom stereocenters. The summed E-state index contributed by atoms with van der Waals surface area (Å²) in [7, 11) is 2.12. The van der Waals surface area contributed by atoms with Gasteiger partial charge in [0, 0.05) is 77.6 Å². The quantitative estimate of drug-likeness (QED) is 0.168. The van der Waals surface area contributed by atoms with Gasteiger partial charge in [-0.25, -0.2) is 4.68 Å². The normalized spacial score (nSPS) is 11.9. The van der Waals surface area contributed by atoms with Gasteiger partial charge in [-0.05, 0) is 156 Å². The van der Waals surface area contributed by atoms with E-state index in [0.29, 0.717) is 0 Å². The minimum Gasteiger partial charge on any atom is -0.370 e. The third kappa shape index (κ3) is 13.9. The van der Waals surface area contributed by atoms with Gasteiger partial charge in [0.15, 0.2) is 0 Å². The first-order valence-corrected chi connectivity index (χ1v) is 19.8. The first kappa shape index (κ1) is 45.4. The molecule has 7 nitrogen and oxygen atoms in total. The van der Waals surface area contributed by atoms with Crippen LogP contribution in [0, 0.1) is 0 Å². The van der Waals surface area contributed by atoms with Crippen LogP contribution in [0.15, 0.2) is 140 Å². The van der Waals surface area contributed by atoms with Crippen molar-refractivity contribution in [2.24, 2.45) is 0 Å². The maximum absolute atomic E-state index is 3.85. The van der Waals surface area contributed by atoms with Crippen molar-refractivity contribution in [2.45, 2.75) is 132 Å². The Balaban J connectivity index is 0.000000189. The summed E-state index contributed by atoms with van der Waals surface area (Å²) in [6, 6.07) is 33.6. The molecule has 0 radical (unpaired) electrons.